The molecule has 1 N–H and O–H groups in total. The van der Waals surface area contributed by atoms with Crippen molar-refractivity contribution in [1.29, 1.82) is 0 Å². The van der Waals surface area contributed by atoms with E-state index in [0.717, 1.165) is 4.88 Å². The van der Waals surface area contributed by atoms with E-state index in [2.05, 4.69) is 10.2 Å². The first-order chi connectivity index (χ1) is 6.18. The molecule has 0 spiro atoms. The van der Waals surface area contributed by atoms with Gasteiger partial charge >= 0.3 is 0 Å². The summed E-state index contributed by atoms with van der Waals surface area (Å²) in [6.07, 6.45) is 1.61. The lowest BCUT2D eigenvalue weighted by molar-refractivity contribution is 1.10. The Kier molecular flexibility index (Phi) is 2.51. The fraction of sp³-hybridized carbons (Fsp3) is 0. The van der Waals surface area contributed by atoms with E-state index in [9.17, 15) is 0 Å². The van der Waals surface area contributed by atoms with Crippen LogP contribution in [0.1, 0.15) is 0 Å². The Hall–Kier alpha value is -0.220. The maximum absolute atomic E-state index is 5.86. The van der Waals surface area contributed by atoms with Crippen LogP contribution in [-0.2, 0) is 0 Å². The van der Waals surface area contributed by atoms with Crippen LogP contribution in [0.2, 0.25) is 14.4 Å². The van der Waals surface area contributed by atoms with Crippen molar-refractivity contribution < 1.29 is 0 Å². The van der Waals surface area contributed by atoms with Gasteiger partial charge in [0.05, 0.1) is 14.9 Å². The minimum Gasteiger partial charge on any atom is -0.284 e. The molecular formula is C7H3Cl3N2S. The van der Waals surface area contributed by atoms with Crippen LogP contribution in [0.3, 0.4) is 0 Å². The average molecular weight is 254 g/mol. The molecule has 0 aliphatic carbocycles. The Morgan fingerprint density at radius 3 is 2.46 bits per heavy atom. The summed E-state index contributed by atoms with van der Waals surface area (Å²) in [5.74, 6) is 0. The van der Waals surface area contributed by atoms with E-state index in [1.54, 1.807) is 12.3 Å². The Bertz CT molecular complexity index is 415. The van der Waals surface area contributed by atoms with Crippen molar-refractivity contribution in [2.24, 2.45) is 0 Å². The number of thiophene rings is 1. The summed E-state index contributed by atoms with van der Waals surface area (Å²) >= 11 is 18.8. The van der Waals surface area contributed by atoms with Gasteiger partial charge in [0, 0.05) is 6.20 Å². The van der Waals surface area contributed by atoms with Crippen molar-refractivity contribution in [1.82, 2.24) is 10.2 Å². The predicted molar refractivity (Wildman–Crippen MR) is 56.9 cm³/mol. The number of halogens is 3. The first-order valence-corrected chi connectivity index (χ1v) is 5.28. The monoisotopic (exact) mass is 252 g/mol. The van der Waals surface area contributed by atoms with Gasteiger partial charge in [0.2, 0.25) is 0 Å². The third-order valence-corrected chi connectivity index (χ3v) is 3.63. The molecule has 2 nitrogen and oxygen atoms in total. The van der Waals surface area contributed by atoms with E-state index in [0.29, 0.717) is 20.1 Å². The van der Waals surface area contributed by atoms with Crippen molar-refractivity contribution in [3.63, 3.8) is 0 Å². The molecule has 0 saturated carbocycles. The van der Waals surface area contributed by atoms with Crippen LogP contribution >= 0.6 is 46.1 Å². The number of aromatic amines is 1. The third kappa shape index (κ3) is 1.70. The Morgan fingerprint density at radius 2 is 2.00 bits per heavy atom. The second kappa shape index (κ2) is 3.50. The van der Waals surface area contributed by atoms with Gasteiger partial charge in [0.1, 0.15) is 10.0 Å². The first-order valence-electron chi connectivity index (χ1n) is 3.33. The lowest BCUT2D eigenvalue weighted by Gasteiger charge is -1.87. The smallest absolute Gasteiger partial charge is 0.121 e. The molecule has 0 radical (unpaired) electrons. The first kappa shape index (κ1) is 9.34. The summed E-state index contributed by atoms with van der Waals surface area (Å²) in [7, 11) is 0. The van der Waals surface area contributed by atoms with Crippen LogP contribution in [0, 0.1) is 0 Å². The average Bonchev–Trinajstić information content (AvgIpc) is 2.60. The van der Waals surface area contributed by atoms with Gasteiger partial charge in [-0.25, -0.2) is 0 Å². The standard InChI is InChI=1S/C7H3Cl3N2S/c8-3-1-5(13-7(3)10)6-4(9)2-11-12-6/h1-2H,(H,11,12). The SMILES string of the molecule is Clc1c[nH]nc1-c1cc(Cl)c(Cl)s1. The highest BCUT2D eigenvalue weighted by Crippen LogP contribution is 2.38. The summed E-state index contributed by atoms with van der Waals surface area (Å²) < 4.78 is 0.552. The van der Waals surface area contributed by atoms with Crippen LogP contribution in [0.4, 0.5) is 0 Å². The van der Waals surface area contributed by atoms with Gasteiger partial charge in [0.25, 0.3) is 0 Å². The minimum absolute atomic E-state index is 0.528. The number of aromatic nitrogens is 2. The molecule has 0 aliphatic heterocycles. The molecule has 13 heavy (non-hydrogen) atoms. The Morgan fingerprint density at radius 1 is 1.23 bits per heavy atom. The number of nitrogens with one attached hydrogen (secondary N) is 1. The molecule has 0 amide bonds. The molecule has 2 aromatic rings. The van der Waals surface area contributed by atoms with Crippen molar-refractivity contribution in [3.05, 3.63) is 26.6 Å². The Labute approximate surface area is 93.4 Å². The lowest BCUT2D eigenvalue weighted by atomic mass is 10.3. The van der Waals surface area contributed by atoms with Crippen LogP contribution in [-0.4, -0.2) is 10.2 Å². The van der Waals surface area contributed by atoms with E-state index in [1.807, 2.05) is 0 Å². The highest BCUT2D eigenvalue weighted by Gasteiger charge is 2.11. The molecule has 6 heteroatoms. The molecule has 0 saturated heterocycles. The van der Waals surface area contributed by atoms with Crippen molar-refractivity contribution in [2.45, 2.75) is 0 Å². The molecule has 2 heterocycles. The zero-order valence-corrected chi connectivity index (χ0v) is 9.23. The fourth-order valence-electron chi connectivity index (χ4n) is 0.911. The summed E-state index contributed by atoms with van der Waals surface area (Å²) in [6.45, 7) is 0. The zero-order chi connectivity index (χ0) is 9.42. The molecule has 2 aromatic heterocycles. The number of hydrogen-bond donors (Lipinski definition) is 1. The number of hydrogen-bond acceptors (Lipinski definition) is 2. The van der Waals surface area contributed by atoms with Crippen LogP contribution in [0.25, 0.3) is 10.6 Å². The molecule has 2 rings (SSSR count). The van der Waals surface area contributed by atoms with Gasteiger partial charge in [-0.05, 0) is 6.07 Å². The molecule has 0 unspecified atom stereocenters. The number of H-pyrrole nitrogens is 1. The van der Waals surface area contributed by atoms with Crippen LogP contribution in [0.5, 0.6) is 0 Å². The van der Waals surface area contributed by atoms with Gasteiger partial charge in [-0.15, -0.1) is 11.3 Å². The van der Waals surface area contributed by atoms with Crippen molar-refractivity contribution in [3.8, 4) is 10.6 Å². The molecule has 68 valence electrons. The number of nitrogens with zero attached hydrogens (tertiary/aromatic N) is 1. The van der Waals surface area contributed by atoms with Gasteiger partial charge in [-0.3, -0.25) is 5.10 Å². The number of rotatable bonds is 1. The second-order valence-corrected chi connectivity index (χ2v) is 4.78. The summed E-state index contributed by atoms with van der Waals surface area (Å²) in [4.78, 5) is 0.862. The van der Waals surface area contributed by atoms with Crippen molar-refractivity contribution in [2.75, 3.05) is 0 Å². The van der Waals surface area contributed by atoms with Gasteiger partial charge < -0.3 is 0 Å². The molecular weight excluding hydrogens is 251 g/mol. The second-order valence-electron chi connectivity index (χ2n) is 2.31. The maximum Gasteiger partial charge on any atom is 0.121 e. The minimum atomic E-state index is 0.528. The van der Waals surface area contributed by atoms with Gasteiger partial charge in [-0.2, -0.15) is 5.10 Å². The molecule has 0 bridgehead atoms. The van der Waals surface area contributed by atoms with Gasteiger partial charge in [0.15, 0.2) is 0 Å². The fourth-order valence-corrected chi connectivity index (χ4v) is 2.53. The van der Waals surface area contributed by atoms with E-state index in [1.165, 1.54) is 11.3 Å². The largest absolute Gasteiger partial charge is 0.284 e. The quantitative estimate of drug-likeness (QED) is 0.814. The molecule has 0 atom stereocenters. The lowest BCUT2D eigenvalue weighted by Crippen LogP contribution is -1.71. The normalized spacial score (nSPS) is 10.7. The van der Waals surface area contributed by atoms with Crippen LogP contribution in [0.15, 0.2) is 12.3 Å². The van der Waals surface area contributed by atoms with E-state index >= 15 is 0 Å². The highest BCUT2D eigenvalue weighted by molar-refractivity contribution is 7.20. The van der Waals surface area contributed by atoms with Crippen LogP contribution < -0.4 is 0 Å². The van der Waals surface area contributed by atoms with E-state index < -0.39 is 0 Å². The highest BCUT2D eigenvalue weighted by atomic mass is 35.5. The van der Waals surface area contributed by atoms with E-state index in [4.69, 9.17) is 34.8 Å². The molecule has 0 aliphatic rings. The predicted octanol–water partition coefficient (Wildman–Crippen LogP) is 4.10. The van der Waals surface area contributed by atoms with E-state index in [-0.39, 0.29) is 0 Å². The molecule has 0 aromatic carbocycles. The maximum atomic E-state index is 5.86. The Balaban J connectivity index is 2.53. The summed E-state index contributed by atoms with van der Waals surface area (Å²) in [5.41, 5.74) is 0.681. The van der Waals surface area contributed by atoms with Crippen molar-refractivity contribution >= 4 is 46.1 Å². The van der Waals surface area contributed by atoms with Gasteiger partial charge in [-0.1, -0.05) is 34.8 Å². The zero-order valence-electron chi connectivity index (χ0n) is 6.14. The third-order valence-electron chi connectivity index (χ3n) is 1.47. The summed E-state index contributed by atoms with van der Waals surface area (Å²) in [5, 5.41) is 7.73. The molecule has 0 fully saturated rings. The topological polar surface area (TPSA) is 28.7 Å². The summed E-state index contributed by atoms with van der Waals surface area (Å²) in [6, 6.07) is 1.75.